The Labute approximate surface area is 94.3 Å². The predicted molar refractivity (Wildman–Crippen MR) is 59.1 cm³/mol. The normalized spacial score (nSPS) is 10.8. The molecule has 0 atom stereocenters. The van der Waals surface area contributed by atoms with Gasteiger partial charge in [0.1, 0.15) is 17.1 Å². The van der Waals surface area contributed by atoms with Gasteiger partial charge < -0.3 is 9.52 Å². The van der Waals surface area contributed by atoms with Crippen LogP contribution in [0.25, 0.3) is 0 Å². The van der Waals surface area contributed by atoms with Gasteiger partial charge in [-0.3, -0.25) is 4.79 Å². The third-order valence-corrected chi connectivity index (χ3v) is 2.38. The number of rotatable bonds is 5. The Kier molecular flexibility index (Phi) is 3.88. The van der Waals surface area contributed by atoms with E-state index >= 15 is 0 Å². The first kappa shape index (κ1) is 12.5. The summed E-state index contributed by atoms with van der Waals surface area (Å²) in [7, 11) is 0. The van der Waals surface area contributed by atoms with Crippen LogP contribution in [0.15, 0.2) is 4.42 Å². The maximum atomic E-state index is 11.1. The number of hydrogen-bond acceptors (Lipinski definition) is 3. The molecule has 0 fully saturated rings. The highest BCUT2D eigenvalue weighted by Gasteiger charge is 2.25. The second-order valence-corrected chi connectivity index (χ2v) is 4.01. The lowest BCUT2D eigenvalue weighted by Gasteiger charge is -2.01. The third-order valence-electron chi connectivity index (χ3n) is 2.38. The van der Waals surface area contributed by atoms with Gasteiger partial charge in [-0.25, -0.2) is 4.79 Å². The van der Waals surface area contributed by atoms with Gasteiger partial charge in [-0.1, -0.05) is 20.8 Å². The molecular formula is C12H16O4. The monoisotopic (exact) mass is 224 g/mol. The summed E-state index contributed by atoms with van der Waals surface area (Å²) in [6, 6.07) is 0. The predicted octanol–water partition coefficient (Wildman–Crippen LogP) is 2.87. The van der Waals surface area contributed by atoms with Gasteiger partial charge in [-0.05, 0) is 6.42 Å². The fourth-order valence-corrected chi connectivity index (χ4v) is 1.68. The Morgan fingerprint density at radius 2 is 2.12 bits per heavy atom. The van der Waals surface area contributed by atoms with Crippen molar-refractivity contribution in [2.24, 2.45) is 0 Å². The van der Waals surface area contributed by atoms with Crippen molar-refractivity contribution in [2.75, 3.05) is 0 Å². The number of hydrogen-bond donors (Lipinski definition) is 1. The molecule has 1 N–H and O–H groups in total. The van der Waals surface area contributed by atoms with Crippen molar-refractivity contribution in [3.8, 4) is 0 Å². The van der Waals surface area contributed by atoms with E-state index in [2.05, 4.69) is 0 Å². The second kappa shape index (κ2) is 4.96. The minimum absolute atomic E-state index is 0.0217. The molecule has 88 valence electrons. The molecule has 0 aliphatic heterocycles. The summed E-state index contributed by atoms with van der Waals surface area (Å²) in [6.45, 7) is 5.64. The third kappa shape index (κ3) is 2.15. The zero-order valence-electron chi connectivity index (χ0n) is 9.74. The molecule has 0 aliphatic carbocycles. The molecule has 0 radical (unpaired) electrons. The highest BCUT2D eigenvalue weighted by Crippen LogP contribution is 2.28. The Hall–Kier alpha value is -1.58. The molecular weight excluding hydrogens is 208 g/mol. The quantitative estimate of drug-likeness (QED) is 0.781. The van der Waals surface area contributed by atoms with Crippen molar-refractivity contribution < 1.29 is 19.1 Å². The number of aldehydes is 1. The number of carboxylic acids is 1. The molecule has 1 heterocycles. The molecule has 4 heteroatoms. The molecule has 1 aromatic rings. The molecule has 0 saturated carbocycles. The molecule has 1 aromatic heterocycles. The molecule has 1 rings (SSSR count). The molecule has 0 aliphatic rings. The van der Waals surface area contributed by atoms with E-state index in [4.69, 9.17) is 9.52 Å². The Morgan fingerprint density at radius 1 is 1.50 bits per heavy atom. The van der Waals surface area contributed by atoms with Crippen LogP contribution in [0.2, 0.25) is 0 Å². The molecule has 0 bridgehead atoms. The lowest BCUT2D eigenvalue weighted by Crippen LogP contribution is -2.04. The van der Waals surface area contributed by atoms with Crippen molar-refractivity contribution >= 4 is 12.3 Å². The van der Waals surface area contributed by atoms with E-state index in [1.807, 2.05) is 20.8 Å². The number of aryl methyl sites for hydroxylation is 1. The number of aromatic carboxylic acids is 1. The molecule has 0 spiro atoms. The zero-order chi connectivity index (χ0) is 12.3. The van der Waals surface area contributed by atoms with Crippen molar-refractivity contribution in [3.05, 3.63) is 22.6 Å². The molecule has 0 saturated heterocycles. The van der Waals surface area contributed by atoms with Crippen LogP contribution in [-0.4, -0.2) is 17.4 Å². The van der Waals surface area contributed by atoms with Crippen molar-refractivity contribution in [2.45, 2.75) is 39.5 Å². The molecule has 16 heavy (non-hydrogen) atoms. The van der Waals surface area contributed by atoms with Gasteiger partial charge >= 0.3 is 5.97 Å². The second-order valence-electron chi connectivity index (χ2n) is 4.01. The smallest absolute Gasteiger partial charge is 0.340 e. The first-order valence-electron chi connectivity index (χ1n) is 5.36. The van der Waals surface area contributed by atoms with Gasteiger partial charge in [-0.15, -0.1) is 0 Å². The molecule has 0 unspecified atom stereocenters. The van der Waals surface area contributed by atoms with E-state index in [9.17, 15) is 9.59 Å². The topological polar surface area (TPSA) is 67.5 Å². The van der Waals surface area contributed by atoms with E-state index in [1.165, 1.54) is 0 Å². The lowest BCUT2D eigenvalue weighted by molar-refractivity contribution is 0.0691. The van der Waals surface area contributed by atoms with Crippen LogP contribution in [0.4, 0.5) is 0 Å². The van der Waals surface area contributed by atoms with Crippen LogP contribution in [0.3, 0.4) is 0 Å². The van der Waals surface area contributed by atoms with E-state index in [1.54, 1.807) is 0 Å². The molecule has 0 amide bonds. The highest BCUT2D eigenvalue weighted by molar-refractivity contribution is 5.99. The van der Waals surface area contributed by atoms with E-state index in [-0.39, 0.29) is 17.0 Å². The van der Waals surface area contributed by atoms with Crippen LogP contribution >= 0.6 is 0 Å². The van der Waals surface area contributed by atoms with Gasteiger partial charge in [0.05, 0.1) is 5.56 Å². The summed E-state index contributed by atoms with van der Waals surface area (Å²) < 4.78 is 5.49. The van der Waals surface area contributed by atoms with Crippen LogP contribution in [0.5, 0.6) is 0 Å². The standard InChI is InChI=1S/C12H16O4/c1-4-5-9-8(6-13)10(12(14)15)11(16-9)7(2)3/h6-7H,4-5H2,1-3H3,(H,14,15). The minimum Gasteiger partial charge on any atom is -0.478 e. The average molecular weight is 224 g/mol. The molecule has 0 aromatic carbocycles. The van der Waals surface area contributed by atoms with E-state index < -0.39 is 5.97 Å². The summed E-state index contributed by atoms with van der Waals surface area (Å²) in [5, 5.41) is 9.09. The Morgan fingerprint density at radius 3 is 2.50 bits per heavy atom. The van der Waals surface area contributed by atoms with Gasteiger partial charge in [0.15, 0.2) is 6.29 Å². The number of carboxylic acid groups (broad SMARTS) is 1. The van der Waals surface area contributed by atoms with Crippen LogP contribution in [0.1, 0.15) is 65.3 Å². The van der Waals surface area contributed by atoms with Gasteiger partial charge in [-0.2, -0.15) is 0 Å². The van der Waals surface area contributed by atoms with Gasteiger partial charge in [0, 0.05) is 12.3 Å². The number of carbonyl (C=O) groups is 2. The van der Waals surface area contributed by atoms with Crippen LogP contribution in [-0.2, 0) is 6.42 Å². The maximum Gasteiger partial charge on any atom is 0.340 e. The van der Waals surface area contributed by atoms with Crippen molar-refractivity contribution in [1.29, 1.82) is 0 Å². The Bertz CT molecular complexity index is 401. The summed E-state index contributed by atoms with van der Waals surface area (Å²) in [4.78, 5) is 22.0. The van der Waals surface area contributed by atoms with Crippen LogP contribution < -0.4 is 0 Å². The molecule has 4 nitrogen and oxygen atoms in total. The summed E-state index contributed by atoms with van der Waals surface area (Å²) >= 11 is 0. The summed E-state index contributed by atoms with van der Waals surface area (Å²) in [6.07, 6.45) is 1.97. The first-order valence-corrected chi connectivity index (χ1v) is 5.36. The maximum absolute atomic E-state index is 11.1. The fraction of sp³-hybridized carbons (Fsp3) is 0.500. The largest absolute Gasteiger partial charge is 0.478 e. The van der Waals surface area contributed by atoms with Gasteiger partial charge in [0.2, 0.25) is 0 Å². The summed E-state index contributed by atoms with van der Waals surface area (Å²) in [5.41, 5.74) is 0.214. The number of carbonyl (C=O) groups excluding carboxylic acids is 1. The van der Waals surface area contributed by atoms with Gasteiger partial charge in [0.25, 0.3) is 0 Å². The number of furan rings is 1. The highest BCUT2D eigenvalue weighted by atomic mass is 16.4. The zero-order valence-corrected chi connectivity index (χ0v) is 9.74. The fourth-order valence-electron chi connectivity index (χ4n) is 1.68. The van der Waals surface area contributed by atoms with E-state index in [0.717, 1.165) is 6.42 Å². The van der Waals surface area contributed by atoms with Crippen LogP contribution in [0, 0.1) is 0 Å². The minimum atomic E-state index is -1.10. The lowest BCUT2D eigenvalue weighted by atomic mass is 10.0. The average Bonchev–Trinajstić information content (AvgIpc) is 2.57. The summed E-state index contributed by atoms with van der Waals surface area (Å²) in [5.74, 6) is -0.274. The van der Waals surface area contributed by atoms with E-state index in [0.29, 0.717) is 24.2 Å². The Balaban J connectivity index is 3.39. The SMILES string of the molecule is CCCc1oc(C(C)C)c(C(=O)O)c1C=O. The first-order chi connectivity index (χ1) is 7.52. The van der Waals surface area contributed by atoms with Crippen molar-refractivity contribution in [3.63, 3.8) is 0 Å². The van der Waals surface area contributed by atoms with Crippen molar-refractivity contribution in [1.82, 2.24) is 0 Å².